The van der Waals surface area contributed by atoms with Crippen LogP contribution in [0.4, 0.5) is 10.2 Å². The van der Waals surface area contributed by atoms with E-state index in [1.165, 1.54) is 12.3 Å². The first-order chi connectivity index (χ1) is 17.0. The van der Waals surface area contributed by atoms with E-state index in [0.717, 1.165) is 31.1 Å². The van der Waals surface area contributed by atoms with Gasteiger partial charge in [0.25, 0.3) is 0 Å². The van der Waals surface area contributed by atoms with Crippen molar-refractivity contribution < 1.29 is 14.3 Å². The summed E-state index contributed by atoms with van der Waals surface area (Å²) in [5.74, 6) is -2.04. The first-order valence-corrected chi connectivity index (χ1v) is 11.4. The van der Waals surface area contributed by atoms with Gasteiger partial charge in [0.2, 0.25) is 5.91 Å². The quantitative estimate of drug-likeness (QED) is 0.275. The van der Waals surface area contributed by atoms with Crippen LogP contribution in [0.25, 0.3) is 11.4 Å². The predicted molar refractivity (Wildman–Crippen MR) is 133 cm³/mol. The topological polar surface area (TPSA) is 154 Å². The summed E-state index contributed by atoms with van der Waals surface area (Å²) in [6.07, 6.45) is 4.37. The van der Waals surface area contributed by atoms with E-state index in [-0.39, 0.29) is 27.4 Å². The lowest BCUT2D eigenvalue weighted by atomic mass is 10.0. The Kier molecular flexibility index (Phi) is 6.52. The van der Waals surface area contributed by atoms with E-state index in [1.807, 2.05) is 6.92 Å². The number of nitriles is 1. The Labute approximate surface area is 211 Å². The Morgan fingerprint density at radius 1 is 1.42 bits per heavy atom. The molecule has 1 amide bonds. The fourth-order valence-corrected chi connectivity index (χ4v) is 3.94. The van der Waals surface area contributed by atoms with E-state index in [9.17, 15) is 19.6 Å². The predicted octanol–water partition coefficient (Wildman–Crippen LogP) is 4.39. The zero-order chi connectivity index (χ0) is 26.2. The number of nitrogen functional groups attached to an aromatic ring is 1. The number of aliphatic hydroxyl groups excluding tert-OH is 1. The third kappa shape index (κ3) is 4.78. The van der Waals surface area contributed by atoms with Gasteiger partial charge in [-0.3, -0.25) is 15.1 Å². The molecule has 1 aliphatic carbocycles. The molecule has 0 radical (unpaired) electrons. The third-order valence-electron chi connectivity index (χ3n) is 6.19. The van der Waals surface area contributed by atoms with E-state index in [0.29, 0.717) is 22.8 Å². The number of carbonyl (C=O) groups is 1. The molecule has 2 aromatic heterocycles. The van der Waals surface area contributed by atoms with Crippen molar-refractivity contribution in [3.8, 4) is 17.5 Å². The molecule has 184 valence electrons. The number of amides is 1. The zero-order valence-electron chi connectivity index (χ0n) is 19.5. The number of nitrogens with one attached hydrogen (secondary N) is 2. The van der Waals surface area contributed by atoms with Gasteiger partial charge in [0.15, 0.2) is 5.88 Å². The Balaban J connectivity index is 1.47. The number of nitrogens with zero attached hydrogens (tertiary/aromatic N) is 4. The molecule has 0 aliphatic heterocycles. The summed E-state index contributed by atoms with van der Waals surface area (Å²) in [5, 5.41) is 34.6. The van der Waals surface area contributed by atoms with Crippen LogP contribution in [-0.2, 0) is 10.3 Å². The van der Waals surface area contributed by atoms with Crippen molar-refractivity contribution in [2.75, 3.05) is 5.73 Å². The number of halogens is 2. The molecular formula is C25H23ClFN7O2. The van der Waals surface area contributed by atoms with Crippen molar-refractivity contribution >= 4 is 29.0 Å². The number of benzene rings is 1. The van der Waals surface area contributed by atoms with Crippen molar-refractivity contribution in [1.29, 1.82) is 10.7 Å². The maximum atomic E-state index is 13.2. The second-order valence-electron chi connectivity index (χ2n) is 8.88. The van der Waals surface area contributed by atoms with Gasteiger partial charge in [0.1, 0.15) is 29.0 Å². The molecule has 1 atom stereocenters. The Bertz CT molecular complexity index is 1440. The third-order valence-corrected chi connectivity index (χ3v) is 6.51. The Hall–Kier alpha value is -4.23. The van der Waals surface area contributed by atoms with E-state index in [4.69, 9.17) is 22.7 Å². The summed E-state index contributed by atoms with van der Waals surface area (Å²) < 4.78 is 14.9. The van der Waals surface area contributed by atoms with Gasteiger partial charge in [0, 0.05) is 17.8 Å². The number of allylic oxidation sites excluding steroid dienone is 1. The number of aromatic nitrogens is 3. The molecule has 1 aliphatic rings. The van der Waals surface area contributed by atoms with Crippen LogP contribution in [0.3, 0.4) is 0 Å². The second kappa shape index (κ2) is 9.43. The molecule has 9 nitrogen and oxygen atoms in total. The number of rotatable bonds is 7. The minimum atomic E-state index is -0.700. The molecule has 0 bridgehead atoms. The van der Waals surface area contributed by atoms with E-state index < -0.39 is 23.5 Å². The molecule has 2 heterocycles. The normalized spacial score (nSPS) is 15.1. The van der Waals surface area contributed by atoms with Crippen LogP contribution in [0.1, 0.15) is 49.3 Å². The molecule has 0 saturated heterocycles. The molecule has 5 N–H and O–H groups in total. The van der Waals surface area contributed by atoms with Crippen LogP contribution < -0.4 is 11.1 Å². The van der Waals surface area contributed by atoms with Gasteiger partial charge < -0.3 is 16.2 Å². The van der Waals surface area contributed by atoms with Gasteiger partial charge in [0.05, 0.1) is 27.9 Å². The number of hydrogen-bond donors (Lipinski definition) is 4. The molecule has 0 spiro atoms. The molecule has 1 saturated carbocycles. The van der Waals surface area contributed by atoms with Crippen molar-refractivity contribution in [3.05, 3.63) is 76.0 Å². The van der Waals surface area contributed by atoms with Gasteiger partial charge in [-0.25, -0.2) is 9.07 Å². The fourth-order valence-electron chi connectivity index (χ4n) is 3.67. The summed E-state index contributed by atoms with van der Waals surface area (Å²) in [4.78, 5) is 17.0. The standard InChI is InChI=1S/C25H23ClFN7O2/c1-13(24(36)32-21(35)10-19(29)16-5-4-15(27)9-18(16)26)14-3-6-20(31-12-14)22-17(11-28)23(30)34(33-22)25(2)7-8-25/h3-6,9-10,12-13,29,35H,7-8,30H2,1-2H3,(H,32,36)/b21-10-,29-19?. The summed E-state index contributed by atoms with van der Waals surface area (Å²) in [6, 6.07) is 8.94. The van der Waals surface area contributed by atoms with Crippen LogP contribution >= 0.6 is 11.6 Å². The number of carbonyl (C=O) groups excluding carboxylic acids is 1. The monoisotopic (exact) mass is 507 g/mol. The average Bonchev–Trinajstić information content (AvgIpc) is 3.48. The number of pyridine rings is 1. The number of aliphatic hydroxyl groups is 1. The summed E-state index contributed by atoms with van der Waals surface area (Å²) in [7, 11) is 0. The lowest BCUT2D eigenvalue weighted by Crippen LogP contribution is -2.28. The number of nitrogens with two attached hydrogens (primary N) is 1. The molecule has 1 fully saturated rings. The van der Waals surface area contributed by atoms with Crippen LogP contribution in [0.15, 0.2) is 48.5 Å². The van der Waals surface area contributed by atoms with Gasteiger partial charge in [-0.2, -0.15) is 10.4 Å². The lowest BCUT2D eigenvalue weighted by Gasteiger charge is -2.12. The fraction of sp³-hybridized carbons (Fsp3) is 0.240. The highest BCUT2D eigenvalue weighted by Gasteiger charge is 2.43. The van der Waals surface area contributed by atoms with Crippen molar-refractivity contribution in [2.45, 2.75) is 38.1 Å². The van der Waals surface area contributed by atoms with Crippen molar-refractivity contribution in [2.24, 2.45) is 0 Å². The van der Waals surface area contributed by atoms with Gasteiger partial charge >= 0.3 is 0 Å². The van der Waals surface area contributed by atoms with E-state index >= 15 is 0 Å². The second-order valence-corrected chi connectivity index (χ2v) is 9.29. The highest BCUT2D eigenvalue weighted by atomic mass is 35.5. The smallest absolute Gasteiger partial charge is 0.233 e. The van der Waals surface area contributed by atoms with Crippen LogP contribution in [0, 0.1) is 22.6 Å². The average molecular weight is 508 g/mol. The van der Waals surface area contributed by atoms with Crippen LogP contribution in [0.5, 0.6) is 0 Å². The van der Waals surface area contributed by atoms with Gasteiger partial charge in [-0.15, -0.1) is 0 Å². The first-order valence-electron chi connectivity index (χ1n) is 11.0. The molecule has 4 rings (SSSR count). The SMILES string of the molecule is CC(C(=O)N/C(O)=C/C(=N)c1ccc(F)cc1Cl)c1ccc(-c2nn(C3(C)CC3)c(N)c2C#N)nc1. The van der Waals surface area contributed by atoms with Gasteiger partial charge in [-0.05, 0) is 56.5 Å². The first kappa shape index (κ1) is 24.9. The summed E-state index contributed by atoms with van der Waals surface area (Å²) >= 11 is 5.94. The summed E-state index contributed by atoms with van der Waals surface area (Å²) in [6.45, 7) is 3.65. The molecule has 1 unspecified atom stereocenters. The lowest BCUT2D eigenvalue weighted by molar-refractivity contribution is -0.122. The Morgan fingerprint density at radius 3 is 2.72 bits per heavy atom. The maximum absolute atomic E-state index is 13.2. The molecular weight excluding hydrogens is 485 g/mol. The zero-order valence-corrected chi connectivity index (χ0v) is 20.3. The minimum absolute atomic E-state index is 0.00675. The van der Waals surface area contributed by atoms with E-state index in [1.54, 1.807) is 23.7 Å². The summed E-state index contributed by atoms with van der Waals surface area (Å²) in [5.41, 5.74) is 7.61. The van der Waals surface area contributed by atoms with Crippen molar-refractivity contribution in [3.63, 3.8) is 0 Å². The number of anilines is 1. The Morgan fingerprint density at radius 2 is 2.14 bits per heavy atom. The van der Waals surface area contributed by atoms with E-state index in [2.05, 4.69) is 21.5 Å². The number of hydrogen-bond acceptors (Lipinski definition) is 7. The largest absolute Gasteiger partial charge is 0.494 e. The highest BCUT2D eigenvalue weighted by Crippen LogP contribution is 2.45. The molecule has 11 heteroatoms. The molecule has 3 aromatic rings. The van der Waals surface area contributed by atoms with Crippen molar-refractivity contribution in [1.82, 2.24) is 20.1 Å². The highest BCUT2D eigenvalue weighted by molar-refractivity contribution is 6.34. The van der Waals surface area contributed by atoms with Crippen LogP contribution in [0.2, 0.25) is 5.02 Å². The van der Waals surface area contributed by atoms with Crippen LogP contribution in [-0.4, -0.2) is 31.5 Å². The molecule has 36 heavy (non-hydrogen) atoms. The maximum Gasteiger partial charge on any atom is 0.233 e. The van der Waals surface area contributed by atoms with Gasteiger partial charge in [-0.1, -0.05) is 17.7 Å². The molecule has 1 aromatic carbocycles. The minimum Gasteiger partial charge on any atom is -0.494 e.